The third-order valence-corrected chi connectivity index (χ3v) is 7.34. The van der Waals surface area contributed by atoms with Gasteiger partial charge in [-0.3, -0.25) is 19.7 Å². The van der Waals surface area contributed by atoms with E-state index in [2.05, 4.69) is 26.1 Å². The van der Waals surface area contributed by atoms with Gasteiger partial charge in [-0.1, -0.05) is 59.3 Å². The third-order valence-electron chi connectivity index (χ3n) is 5.24. The van der Waals surface area contributed by atoms with Crippen molar-refractivity contribution in [2.24, 2.45) is 0 Å². The zero-order valence-electron chi connectivity index (χ0n) is 21.0. The van der Waals surface area contributed by atoms with Crippen molar-refractivity contribution in [2.75, 3.05) is 10.6 Å². The quantitative estimate of drug-likeness (QED) is 0.165. The highest BCUT2D eigenvalue weighted by atomic mass is 35.5. The Labute approximate surface area is 238 Å². The molecule has 0 fully saturated rings. The second-order valence-corrected chi connectivity index (χ2v) is 11.3. The molecule has 0 saturated heterocycles. The monoisotopic (exact) mass is 577 g/mol. The van der Waals surface area contributed by atoms with Crippen molar-refractivity contribution in [3.05, 3.63) is 106 Å². The predicted octanol–water partition coefficient (Wildman–Crippen LogP) is 6.03. The molecular formula is C28H24ClN5O3S2. The largest absolute Gasteiger partial charge is 0.321 e. The van der Waals surface area contributed by atoms with E-state index in [-0.39, 0.29) is 11.6 Å². The minimum atomic E-state index is -0.506. The number of thioether (sulfide) groups is 1. The molecule has 39 heavy (non-hydrogen) atoms. The molecule has 1 aromatic heterocycles. The van der Waals surface area contributed by atoms with Crippen LogP contribution >= 0.6 is 34.7 Å². The molecule has 11 heteroatoms. The first-order valence-corrected chi connectivity index (χ1v) is 13.9. The molecule has 0 saturated carbocycles. The van der Waals surface area contributed by atoms with E-state index in [1.165, 1.54) is 23.1 Å². The molecule has 4 rings (SSSR count). The molecular weight excluding hydrogens is 554 g/mol. The Morgan fingerprint density at radius 2 is 1.69 bits per heavy atom. The first-order valence-electron chi connectivity index (χ1n) is 11.8. The van der Waals surface area contributed by atoms with E-state index in [1.54, 1.807) is 85.8 Å². The molecule has 0 aliphatic heterocycles. The summed E-state index contributed by atoms with van der Waals surface area (Å²) in [7, 11) is 0. The zero-order valence-corrected chi connectivity index (χ0v) is 23.4. The van der Waals surface area contributed by atoms with Gasteiger partial charge in [0.25, 0.3) is 11.8 Å². The summed E-state index contributed by atoms with van der Waals surface area (Å²) in [6.45, 7) is 3.60. The molecule has 1 heterocycles. The van der Waals surface area contributed by atoms with Gasteiger partial charge in [0.05, 0.1) is 5.25 Å². The first kappa shape index (κ1) is 28.0. The molecule has 0 bridgehead atoms. The molecule has 1 atom stereocenters. The minimum Gasteiger partial charge on any atom is -0.321 e. The van der Waals surface area contributed by atoms with Gasteiger partial charge in [0.1, 0.15) is 10.7 Å². The van der Waals surface area contributed by atoms with Gasteiger partial charge in [-0.2, -0.15) is 0 Å². The van der Waals surface area contributed by atoms with Crippen LogP contribution in [0, 0.1) is 6.92 Å². The van der Waals surface area contributed by atoms with Gasteiger partial charge < -0.3 is 10.6 Å². The molecule has 4 aromatic rings. The molecule has 0 radical (unpaired) electrons. The van der Waals surface area contributed by atoms with Crippen LogP contribution in [0.3, 0.4) is 0 Å². The van der Waals surface area contributed by atoms with E-state index in [1.807, 2.05) is 13.0 Å². The second kappa shape index (κ2) is 13.2. The summed E-state index contributed by atoms with van der Waals surface area (Å²) in [4.78, 5) is 39.5. The summed E-state index contributed by atoms with van der Waals surface area (Å²) in [5.41, 5.74) is 1.67. The van der Waals surface area contributed by atoms with Crippen LogP contribution in [0.4, 0.5) is 10.8 Å². The maximum absolute atomic E-state index is 13.3. The Morgan fingerprint density at radius 3 is 2.38 bits per heavy atom. The van der Waals surface area contributed by atoms with Gasteiger partial charge in [-0.25, -0.2) is 0 Å². The smallest absolute Gasteiger partial charge is 0.272 e. The van der Waals surface area contributed by atoms with Gasteiger partial charge in [0, 0.05) is 21.2 Å². The molecule has 3 aromatic carbocycles. The highest BCUT2D eigenvalue weighted by Gasteiger charge is 2.18. The molecule has 8 nitrogen and oxygen atoms in total. The summed E-state index contributed by atoms with van der Waals surface area (Å²) in [6.07, 6.45) is 1.58. The van der Waals surface area contributed by atoms with Gasteiger partial charge in [0.2, 0.25) is 11.0 Å². The standard InChI is InChI=1S/C28H24ClN5O3S2/c1-17(25(35)32-28-34-33-18(2)39-28)38-23-10-6-9-22(16-23)30-27(37)24(15-19-11-13-21(29)14-12-19)31-26(36)20-7-4-3-5-8-20/h3-17H,1-2H3,(H,30,37)(H,31,36)(H,32,34,35)/b24-15-. The average Bonchev–Trinajstić information content (AvgIpc) is 3.34. The lowest BCUT2D eigenvalue weighted by atomic mass is 10.1. The van der Waals surface area contributed by atoms with Crippen molar-refractivity contribution in [2.45, 2.75) is 24.0 Å². The van der Waals surface area contributed by atoms with Crippen molar-refractivity contribution >= 4 is 69.3 Å². The van der Waals surface area contributed by atoms with Crippen LogP contribution in [0.5, 0.6) is 0 Å². The molecule has 0 spiro atoms. The molecule has 0 aliphatic carbocycles. The number of carbonyl (C=O) groups excluding carboxylic acids is 3. The van der Waals surface area contributed by atoms with Crippen LogP contribution in [-0.2, 0) is 9.59 Å². The number of aryl methyl sites for hydroxylation is 1. The number of benzene rings is 3. The number of aromatic nitrogens is 2. The van der Waals surface area contributed by atoms with Crippen molar-refractivity contribution in [1.82, 2.24) is 15.5 Å². The van der Waals surface area contributed by atoms with E-state index in [0.29, 0.717) is 27.0 Å². The van der Waals surface area contributed by atoms with E-state index < -0.39 is 17.1 Å². The molecule has 3 N–H and O–H groups in total. The van der Waals surface area contributed by atoms with Gasteiger partial charge >= 0.3 is 0 Å². The van der Waals surface area contributed by atoms with Gasteiger partial charge in [0.15, 0.2) is 0 Å². The van der Waals surface area contributed by atoms with E-state index in [9.17, 15) is 14.4 Å². The Balaban J connectivity index is 1.48. The van der Waals surface area contributed by atoms with Gasteiger partial charge in [-0.05, 0) is 68.0 Å². The summed E-state index contributed by atoms with van der Waals surface area (Å²) in [6, 6.07) is 22.6. The van der Waals surface area contributed by atoms with Crippen LogP contribution in [0.2, 0.25) is 5.02 Å². The second-order valence-electron chi connectivity index (χ2n) is 8.29. The maximum atomic E-state index is 13.3. The fraction of sp³-hybridized carbons (Fsp3) is 0.107. The lowest BCUT2D eigenvalue weighted by Gasteiger charge is -2.13. The lowest BCUT2D eigenvalue weighted by Crippen LogP contribution is -2.30. The van der Waals surface area contributed by atoms with E-state index in [4.69, 9.17) is 11.6 Å². The zero-order chi connectivity index (χ0) is 27.8. The number of hydrogen-bond donors (Lipinski definition) is 3. The van der Waals surface area contributed by atoms with Crippen molar-refractivity contribution < 1.29 is 14.4 Å². The summed E-state index contributed by atoms with van der Waals surface area (Å²) >= 11 is 8.63. The number of halogens is 1. The number of carbonyl (C=O) groups is 3. The minimum absolute atomic E-state index is 0.0596. The van der Waals surface area contributed by atoms with Crippen LogP contribution in [0.25, 0.3) is 6.08 Å². The number of nitrogens with zero attached hydrogens (tertiary/aromatic N) is 2. The topological polar surface area (TPSA) is 113 Å². The van der Waals surface area contributed by atoms with Crippen molar-refractivity contribution in [1.29, 1.82) is 0 Å². The van der Waals surface area contributed by atoms with Crippen molar-refractivity contribution in [3.63, 3.8) is 0 Å². The normalized spacial score (nSPS) is 11.9. The van der Waals surface area contributed by atoms with Crippen LogP contribution < -0.4 is 16.0 Å². The molecule has 198 valence electrons. The van der Waals surface area contributed by atoms with Crippen molar-refractivity contribution in [3.8, 4) is 0 Å². The third kappa shape index (κ3) is 8.25. The molecule has 1 unspecified atom stereocenters. The fourth-order valence-corrected chi connectivity index (χ4v) is 4.97. The highest BCUT2D eigenvalue weighted by Crippen LogP contribution is 2.27. The maximum Gasteiger partial charge on any atom is 0.272 e. The number of hydrogen-bond acceptors (Lipinski definition) is 7. The van der Waals surface area contributed by atoms with Crippen LogP contribution in [-0.4, -0.2) is 33.2 Å². The predicted molar refractivity (Wildman–Crippen MR) is 157 cm³/mol. The summed E-state index contributed by atoms with van der Waals surface area (Å²) < 4.78 is 0. The number of anilines is 2. The Morgan fingerprint density at radius 1 is 0.949 bits per heavy atom. The van der Waals surface area contributed by atoms with E-state index in [0.717, 1.165) is 9.90 Å². The van der Waals surface area contributed by atoms with E-state index >= 15 is 0 Å². The Bertz CT molecular complexity index is 1510. The number of amides is 3. The van der Waals surface area contributed by atoms with Gasteiger partial charge in [-0.15, -0.1) is 22.0 Å². The summed E-state index contributed by atoms with van der Waals surface area (Å²) in [5.74, 6) is -1.13. The SMILES string of the molecule is Cc1nnc(NC(=O)C(C)Sc2cccc(NC(=O)/C(=C/c3ccc(Cl)cc3)NC(=O)c3ccccc3)c2)s1. The Hall–Kier alpha value is -3.99. The van der Waals surface area contributed by atoms with Crippen LogP contribution in [0.1, 0.15) is 27.9 Å². The molecule has 0 aliphatic rings. The fourth-order valence-electron chi connectivity index (χ4n) is 3.33. The number of nitrogens with one attached hydrogen (secondary N) is 3. The van der Waals surface area contributed by atoms with Crippen LogP contribution in [0.15, 0.2) is 89.5 Å². The lowest BCUT2D eigenvalue weighted by molar-refractivity contribution is -0.115. The highest BCUT2D eigenvalue weighted by molar-refractivity contribution is 8.00. The molecule has 3 amide bonds. The number of rotatable bonds is 9. The average molecular weight is 578 g/mol. The first-order chi connectivity index (χ1) is 18.8. The summed E-state index contributed by atoms with van der Waals surface area (Å²) in [5, 5.41) is 17.5. The Kier molecular flexibility index (Phi) is 9.48.